The summed E-state index contributed by atoms with van der Waals surface area (Å²) in [6.45, 7) is 2.69. The topological polar surface area (TPSA) is 55.1 Å². The first-order valence-electron chi connectivity index (χ1n) is 6.09. The van der Waals surface area contributed by atoms with E-state index < -0.39 is 0 Å². The van der Waals surface area contributed by atoms with Gasteiger partial charge in [-0.05, 0) is 24.6 Å². The number of hydrogen-bond donors (Lipinski definition) is 0. The van der Waals surface area contributed by atoms with E-state index >= 15 is 0 Å². The molecule has 0 saturated heterocycles. The lowest BCUT2D eigenvalue weighted by Crippen LogP contribution is -1.97. The van der Waals surface area contributed by atoms with E-state index in [1.165, 1.54) is 6.20 Å². The monoisotopic (exact) mass is 254 g/mol. The van der Waals surface area contributed by atoms with E-state index in [1.807, 2.05) is 37.3 Å². The second kappa shape index (κ2) is 6.41. The Balaban J connectivity index is 2.15. The minimum atomic E-state index is 0.437. The van der Waals surface area contributed by atoms with E-state index in [1.54, 1.807) is 12.1 Å². The molecular formula is C15H14N2O2. The van der Waals surface area contributed by atoms with Crippen LogP contribution in [0.2, 0.25) is 0 Å². The van der Waals surface area contributed by atoms with Crippen molar-refractivity contribution in [3.63, 3.8) is 0 Å². The summed E-state index contributed by atoms with van der Waals surface area (Å²) in [7, 11) is 0. The lowest BCUT2D eigenvalue weighted by molar-refractivity contribution is 0.301. The van der Waals surface area contributed by atoms with Gasteiger partial charge in [-0.1, -0.05) is 19.1 Å². The predicted octanol–water partition coefficient (Wildman–Crippen LogP) is 3.53. The minimum Gasteiger partial charge on any atom is -0.490 e. The Morgan fingerprint density at radius 1 is 1.16 bits per heavy atom. The third-order valence-corrected chi connectivity index (χ3v) is 2.39. The van der Waals surface area contributed by atoms with Gasteiger partial charge in [-0.3, -0.25) is 0 Å². The number of rotatable bonds is 5. The molecule has 0 aliphatic carbocycles. The summed E-state index contributed by atoms with van der Waals surface area (Å²) in [4.78, 5) is 4.07. The highest BCUT2D eigenvalue weighted by Crippen LogP contribution is 2.30. The van der Waals surface area contributed by atoms with Gasteiger partial charge in [0.25, 0.3) is 0 Å². The fraction of sp³-hybridized carbons (Fsp3) is 0.200. The molecule has 0 unspecified atom stereocenters. The van der Waals surface area contributed by atoms with Crippen LogP contribution in [0.4, 0.5) is 0 Å². The van der Waals surface area contributed by atoms with Gasteiger partial charge in [0.15, 0.2) is 11.5 Å². The van der Waals surface area contributed by atoms with E-state index in [2.05, 4.69) is 4.98 Å². The Morgan fingerprint density at radius 2 is 1.95 bits per heavy atom. The lowest BCUT2D eigenvalue weighted by atomic mass is 10.3. The van der Waals surface area contributed by atoms with Crippen molar-refractivity contribution in [1.82, 2.24) is 4.98 Å². The molecule has 0 aliphatic heterocycles. The van der Waals surface area contributed by atoms with Crippen LogP contribution in [0, 0.1) is 11.3 Å². The van der Waals surface area contributed by atoms with E-state index in [0.29, 0.717) is 29.5 Å². The van der Waals surface area contributed by atoms with Crippen LogP contribution in [0.5, 0.6) is 17.4 Å². The fourth-order valence-corrected chi connectivity index (χ4v) is 1.49. The van der Waals surface area contributed by atoms with Gasteiger partial charge < -0.3 is 9.47 Å². The van der Waals surface area contributed by atoms with Gasteiger partial charge >= 0.3 is 0 Å². The molecule has 0 N–H and O–H groups in total. The summed E-state index contributed by atoms with van der Waals surface area (Å²) in [6.07, 6.45) is 2.41. The summed E-state index contributed by atoms with van der Waals surface area (Å²) in [5, 5.41) is 8.71. The van der Waals surface area contributed by atoms with Gasteiger partial charge in [-0.15, -0.1) is 0 Å². The minimum absolute atomic E-state index is 0.437. The van der Waals surface area contributed by atoms with E-state index in [4.69, 9.17) is 14.7 Å². The van der Waals surface area contributed by atoms with Crippen LogP contribution in [0.25, 0.3) is 0 Å². The molecule has 0 fully saturated rings. The maximum absolute atomic E-state index is 8.71. The summed E-state index contributed by atoms with van der Waals surface area (Å²) in [6, 6.07) is 12.8. The molecule has 2 rings (SSSR count). The maximum atomic E-state index is 8.71. The van der Waals surface area contributed by atoms with Crippen molar-refractivity contribution in [3.05, 3.63) is 48.2 Å². The van der Waals surface area contributed by atoms with Gasteiger partial charge in [0, 0.05) is 12.3 Å². The number of aromatic nitrogens is 1. The fourth-order valence-electron chi connectivity index (χ4n) is 1.49. The number of hydrogen-bond acceptors (Lipinski definition) is 4. The number of ether oxygens (including phenoxy) is 2. The quantitative estimate of drug-likeness (QED) is 0.819. The van der Waals surface area contributed by atoms with Crippen molar-refractivity contribution < 1.29 is 9.47 Å². The zero-order valence-corrected chi connectivity index (χ0v) is 10.7. The van der Waals surface area contributed by atoms with Crippen LogP contribution in [-0.4, -0.2) is 11.6 Å². The van der Waals surface area contributed by atoms with Crippen molar-refractivity contribution in [2.45, 2.75) is 13.3 Å². The molecule has 0 amide bonds. The van der Waals surface area contributed by atoms with Crippen molar-refractivity contribution in [1.29, 1.82) is 5.26 Å². The third kappa shape index (κ3) is 3.46. The number of nitriles is 1. The summed E-state index contributed by atoms with van der Waals surface area (Å²) in [5.41, 5.74) is 0.503. The molecule has 19 heavy (non-hydrogen) atoms. The number of benzene rings is 1. The summed E-state index contributed by atoms with van der Waals surface area (Å²) in [5.74, 6) is 1.75. The second-order valence-electron chi connectivity index (χ2n) is 3.89. The Labute approximate surface area is 112 Å². The zero-order valence-electron chi connectivity index (χ0n) is 10.7. The molecule has 0 radical (unpaired) electrons. The summed E-state index contributed by atoms with van der Waals surface area (Å²) < 4.78 is 11.3. The number of pyridine rings is 1. The Bertz CT molecular complexity index is 573. The molecule has 1 aromatic carbocycles. The molecule has 4 nitrogen and oxygen atoms in total. The van der Waals surface area contributed by atoms with Gasteiger partial charge in [0.1, 0.15) is 6.07 Å². The van der Waals surface area contributed by atoms with E-state index in [-0.39, 0.29) is 0 Å². The smallest absolute Gasteiger partial charge is 0.219 e. The average Bonchev–Trinajstić information content (AvgIpc) is 2.47. The number of para-hydroxylation sites is 2. The molecule has 96 valence electrons. The van der Waals surface area contributed by atoms with Crippen LogP contribution in [0.1, 0.15) is 18.9 Å². The van der Waals surface area contributed by atoms with Crippen LogP contribution in [0.15, 0.2) is 42.6 Å². The summed E-state index contributed by atoms with van der Waals surface area (Å²) >= 11 is 0. The van der Waals surface area contributed by atoms with Gasteiger partial charge in [0.05, 0.1) is 12.2 Å². The Hall–Kier alpha value is -2.54. The molecule has 0 spiro atoms. The normalized spacial score (nSPS) is 9.68. The second-order valence-corrected chi connectivity index (χ2v) is 3.89. The highest BCUT2D eigenvalue weighted by Gasteiger charge is 2.06. The number of nitrogens with zero attached hydrogens (tertiary/aromatic N) is 2. The molecule has 1 aromatic heterocycles. The lowest BCUT2D eigenvalue weighted by Gasteiger charge is -2.11. The molecule has 1 heterocycles. The van der Waals surface area contributed by atoms with Crippen molar-refractivity contribution in [3.8, 4) is 23.4 Å². The van der Waals surface area contributed by atoms with Crippen LogP contribution in [0.3, 0.4) is 0 Å². The van der Waals surface area contributed by atoms with Gasteiger partial charge in [-0.2, -0.15) is 5.26 Å². The molecule has 0 saturated carbocycles. The SMILES string of the molecule is CCCOc1ccccc1Oc1ccc(C#N)cn1. The molecule has 0 bridgehead atoms. The zero-order chi connectivity index (χ0) is 13.5. The van der Waals surface area contributed by atoms with Crippen LogP contribution in [-0.2, 0) is 0 Å². The first-order chi connectivity index (χ1) is 9.33. The highest BCUT2D eigenvalue weighted by molar-refractivity contribution is 5.42. The third-order valence-electron chi connectivity index (χ3n) is 2.39. The molecule has 4 heteroatoms. The Kier molecular flexibility index (Phi) is 4.35. The maximum Gasteiger partial charge on any atom is 0.219 e. The van der Waals surface area contributed by atoms with Crippen molar-refractivity contribution in [2.75, 3.05) is 6.61 Å². The van der Waals surface area contributed by atoms with E-state index in [0.717, 1.165) is 6.42 Å². The molecule has 0 aliphatic rings. The predicted molar refractivity (Wildman–Crippen MR) is 71.3 cm³/mol. The van der Waals surface area contributed by atoms with Gasteiger partial charge in [0.2, 0.25) is 5.88 Å². The largest absolute Gasteiger partial charge is 0.490 e. The molecule has 2 aromatic rings. The van der Waals surface area contributed by atoms with Crippen LogP contribution < -0.4 is 9.47 Å². The van der Waals surface area contributed by atoms with Gasteiger partial charge in [-0.25, -0.2) is 4.98 Å². The molecule has 0 atom stereocenters. The standard InChI is InChI=1S/C15H14N2O2/c1-2-9-18-13-5-3-4-6-14(13)19-15-8-7-12(10-16)11-17-15/h3-8,11H,2,9H2,1H3. The molecular weight excluding hydrogens is 240 g/mol. The highest BCUT2D eigenvalue weighted by atomic mass is 16.5. The van der Waals surface area contributed by atoms with E-state index in [9.17, 15) is 0 Å². The first-order valence-corrected chi connectivity index (χ1v) is 6.09. The first kappa shape index (κ1) is 12.9. The van der Waals surface area contributed by atoms with Crippen molar-refractivity contribution >= 4 is 0 Å². The van der Waals surface area contributed by atoms with Crippen molar-refractivity contribution in [2.24, 2.45) is 0 Å². The average molecular weight is 254 g/mol. The Morgan fingerprint density at radius 3 is 2.58 bits per heavy atom. The van der Waals surface area contributed by atoms with Crippen LogP contribution >= 0.6 is 0 Å².